The number of amides is 1. The van der Waals surface area contributed by atoms with Crippen LogP contribution in [-0.2, 0) is 17.6 Å². The normalized spacial score (nSPS) is 11.7. The molecule has 0 saturated carbocycles. The van der Waals surface area contributed by atoms with Crippen LogP contribution in [0.1, 0.15) is 27.9 Å². The number of anilines is 1. The molecule has 1 amide bonds. The molecule has 2 rings (SSSR count). The standard InChI is InChI=1S/C20H24N2O3S/c1-26-12-11-18(20(24)25)22-19(23)17-13-16(21)10-9-15(17)8-7-14-5-3-2-4-6-14/h2-6,9-10,13,18H,7-8,11-12,21H2,1H3,(H,22,23)(H,24,25)/t18-/m0/s1. The molecule has 6 heteroatoms. The van der Waals surface area contributed by atoms with Gasteiger partial charge in [0.25, 0.3) is 5.91 Å². The summed E-state index contributed by atoms with van der Waals surface area (Å²) in [5.41, 5.74) is 8.80. The highest BCUT2D eigenvalue weighted by Crippen LogP contribution is 2.17. The second kappa shape index (κ2) is 9.87. The quantitative estimate of drug-likeness (QED) is 0.589. The van der Waals surface area contributed by atoms with Gasteiger partial charge in [0.05, 0.1) is 0 Å². The van der Waals surface area contributed by atoms with Crippen molar-refractivity contribution in [2.24, 2.45) is 0 Å². The number of thioether (sulfide) groups is 1. The minimum absolute atomic E-state index is 0.379. The van der Waals surface area contributed by atoms with Crippen molar-refractivity contribution in [3.8, 4) is 0 Å². The molecule has 2 aromatic carbocycles. The van der Waals surface area contributed by atoms with Gasteiger partial charge >= 0.3 is 5.97 Å². The van der Waals surface area contributed by atoms with Crippen LogP contribution in [0.3, 0.4) is 0 Å². The highest BCUT2D eigenvalue weighted by molar-refractivity contribution is 7.98. The number of carboxylic acids is 1. The number of aryl methyl sites for hydroxylation is 2. The predicted octanol–water partition coefficient (Wildman–Crippen LogP) is 2.99. The van der Waals surface area contributed by atoms with Gasteiger partial charge in [0, 0.05) is 11.3 Å². The van der Waals surface area contributed by atoms with E-state index in [0.717, 1.165) is 12.0 Å². The van der Waals surface area contributed by atoms with Crippen LogP contribution in [-0.4, -0.2) is 35.0 Å². The fraction of sp³-hybridized carbons (Fsp3) is 0.300. The Morgan fingerprint density at radius 3 is 2.54 bits per heavy atom. The number of carbonyl (C=O) groups is 2. The SMILES string of the molecule is CSCC[C@H](NC(=O)c1cc(N)ccc1CCc1ccccc1)C(=O)O. The molecule has 1 atom stereocenters. The Hall–Kier alpha value is -2.47. The third-order valence-corrected chi connectivity index (χ3v) is 4.76. The molecule has 0 aliphatic carbocycles. The Kier molecular flexibility index (Phi) is 7.53. The lowest BCUT2D eigenvalue weighted by molar-refractivity contribution is -0.139. The van der Waals surface area contributed by atoms with Gasteiger partial charge < -0.3 is 16.2 Å². The second-order valence-corrected chi connectivity index (χ2v) is 7.03. The number of aliphatic carboxylic acids is 1. The van der Waals surface area contributed by atoms with E-state index in [0.29, 0.717) is 29.8 Å². The van der Waals surface area contributed by atoms with Crippen molar-refractivity contribution < 1.29 is 14.7 Å². The molecule has 4 N–H and O–H groups in total. The van der Waals surface area contributed by atoms with Crippen LogP contribution < -0.4 is 11.1 Å². The van der Waals surface area contributed by atoms with Gasteiger partial charge in [0.1, 0.15) is 6.04 Å². The van der Waals surface area contributed by atoms with Crippen molar-refractivity contribution in [1.29, 1.82) is 0 Å². The summed E-state index contributed by atoms with van der Waals surface area (Å²) in [6.07, 6.45) is 3.75. The summed E-state index contributed by atoms with van der Waals surface area (Å²) in [6.45, 7) is 0. The van der Waals surface area contributed by atoms with Crippen LogP contribution in [0.25, 0.3) is 0 Å². The van der Waals surface area contributed by atoms with Crippen LogP contribution >= 0.6 is 11.8 Å². The second-order valence-electron chi connectivity index (χ2n) is 6.05. The Morgan fingerprint density at radius 1 is 1.15 bits per heavy atom. The maximum absolute atomic E-state index is 12.7. The Labute approximate surface area is 158 Å². The zero-order valence-electron chi connectivity index (χ0n) is 14.8. The number of carbonyl (C=O) groups excluding carboxylic acids is 1. The van der Waals surface area contributed by atoms with E-state index in [2.05, 4.69) is 5.32 Å². The molecule has 138 valence electrons. The summed E-state index contributed by atoms with van der Waals surface area (Å²) in [5.74, 6) is -0.759. The summed E-state index contributed by atoms with van der Waals surface area (Å²) in [6, 6.07) is 14.3. The molecule has 0 radical (unpaired) electrons. The summed E-state index contributed by atoms with van der Waals surface area (Å²) >= 11 is 1.55. The Bertz CT molecular complexity index is 750. The third kappa shape index (κ3) is 5.81. The molecule has 2 aromatic rings. The molecule has 0 heterocycles. The molecule has 0 saturated heterocycles. The lowest BCUT2D eigenvalue weighted by atomic mass is 9.98. The maximum atomic E-state index is 12.7. The predicted molar refractivity (Wildman–Crippen MR) is 107 cm³/mol. The van der Waals surface area contributed by atoms with Gasteiger partial charge in [-0.05, 0) is 54.5 Å². The molecule has 0 aliphatic heterocycles. The van der Waals surface area contributed by atoms with Gasteiger partial charge in [-0.25, -0.2) is 4.79 Å². The first-order chi connectivity index (χ1) is 12.5. The molecule has 26 heavy (non-hydrogen) atoms. The minimum atomic E-state index is -1.03. The van der Waals surface area contributed by atoms with Crippen molar-refractivity contribution in [2.45, 2.75) is 25.3 Å². The molecule has 0 fully saturated rings. The maximum Gasteiger partial charge on any atom is 0.326 e. The summed E-state index contributed by atoms with van der Waals surface area (Å²) < 4.78 is 0. The van der Waals surface area contributed by atoms with Crippen molar-refractivity contribution in [2.75, 3.05) is 17.7 Å². The highest BCUT2D eigenvalue weighted by Gasteiger charge is 2.21. The average Bonchev–Trinajstić information content (AvgIpc) is 2.64. The number of nitrogens with one attached hydrogen (secondary N) is 1. The first-order valence-corrected chi connectivity index (χ1v) is 9.85. The molecule has 0 spiro atoms. The Balaban J connectivity index is 2.14. The minimum Gasteiger partial charge on any atom is -0.480 e. The smallest absolute Gasteiger partial charge is 0.326 e. The largest absolute Gasteiger partial charge is 0.480 e. The van der Waals surface area contributed by atoms with Gasteiger partial charge in [-0.2, -0.15) is 11.8 Å². The van der Waals surface area contributed by atoms with Crippen molar-refractivity contribution in [3.63, 3.8) is 0 Å². The van der Waals surface area contributed by atoms with Gasteiger partial charge in [-0.1, -0.05) is 36.4 Å². The summed E-state index contributed by atoms with van der Waals surface area (Å²) in [5, 5.41) is 11.9. The third-order valence-electron chi connectivity index (χ3n) is 4.12. The molecule has 0 bridgehead atoms. The molecular formula is C20H24N2O3S. The number of nitrogens with two attached hydrogens (primary N) is 1. The summed E-state index contributed by atoms with van der Waals surface area (Å²) in [7, 11) is 0. The first-order valence-electron chi connectivity index (χ1n) is 8.46. The molecule has 0 aliphatic rings. The van der Waals surface area contributed by atoms with E-state index in [1.54, 1.807) is 23.9 Å². The fourth-order valence-corrected chi connectivity index (χ4v) is 3.15. The lowest BCUT2D eigenvalue weighted by Crippen LogP contribution is -2.41. The average molecular weight is 372 g/mol. The number of benzene rings is 2. The van der Waals surface area contributed by atoms with Crippen LogP contribution in [0.15, 0.2) is 48.5 Å². The zero-order chi connectivity index (χ0) is 18.9. The van der Waals surface area contributed by atoms with Gasteiger partial charge in [-0.15, -0.1) is 0 Å². The van der Waals surface area contributed by atoms with Crippen molar-refractivity contribution in [1.82, 2.24) is 5.32 Å². The number of hydrogen-bond donors (Lipinski definition) is 3. The van der Waals surface area contributed by atoms with E-state index in [1.807, 2.05) is 42.7 Å². The molecule has 5 nitrogen and oxygen atoms in total. The van der Waals surface area contributed by atoms with E-state index in [1.165, 1.54) is 5.56 Å². The number of carboxylic acid groups (broad SMARTS) is 1. The molecule has 0 aromatic heterocycles. The van der Waals surface area contributed by atoms with E-state index >= 15 is 0 Å². The van der Waals surface area contributed by atoms with E-state index in [-0.39, 0.29) is 0 Å². The van der Waals surface area contributed by atoms with Crippen LogP contribution in [0.2, 0.25) is 0 Å². The van der Waals surface area contributed by atoms with Gasteiger partial charge in [-0.3, -0.25) is 4.79 Å². The zero-order valence-corrected chi connectivity index (χ0v) is 15.6. The van der Waals surface area contributed by atoms with Gasteiger partial charge in [0.15, 0.2) is 0 Å². The molecule has 0 unspecified atom stereocenters. The number of rotatable bonds is 9. The molecular weight excluding hydrogens is 348 g/mol. The van der Waals surface area contributed by atoms with Crippen LogP contribution in [0.4, 0.5) is 5.69 Å². The number of nitrogen functional groups attached to an aromatic ring is 1. The lowest BCUT2D eigenvalue weighted by Gasteiger charge is -2.16. The summed E-state index contributed by atoms with van der Waals surface area (Å²) in [4.78, 5) is 24.1. The van der Waals surface area contributed by atoms with Crippen molar-refractivity contribution in [3.05, 3.63) is 65.2 Å². The Morgan fingerprint density at radius 2 is 1.88 bits per heavy atom. The van der Waals surface area contributed by atoms with E-state index in [9.17, 15) is 14.7 Å². The van der Waals surface area contributed by atoms with Crippen LogP contribution in [0, 0.1) is 0 Å². The topological polar surface area (TPSA) is 92.4 Å². The van der Waals surface area contributed by atoms with E-state index in [4.69, 9.17) is 5.73 Å². The van der Waals surface area contributed by atoms with Crippen LogP contribution in [0.5, 0.6) is 0 Å². The van der Waals surface area contributed by atoms with Crippen molar-refractivity contribution >= 4 is 29.3 Å². The first kappa shape index (κ1) is 19.8. The fourth-order valence-electron chi connectivity index (χ4n) is 2.68. The highest BCUT2D eigenvalue weighted by atomic mass is 32.2. The van der Waals surface area contributed by atoms with E-state index < -0.39 is 17.9 Å². The van der Waals surface area contributed by atoms with Gasteiger partial charge in [0.2, 0.25) is 0 Å². The number of hydrogen-bond acceptors (Lipinski definition) is 4. The monoisotopic (exact) mass is 372 g/mol.